The molecule has 0 aromatic carbocycles. The Hall–Kier alpha value is -0.960. The molecule has 0 aromatic heterocycles. The van der Waals surface area contributed by atoms with Gasteiger partial charge in [-0.15, -0.1) is 0 Å². The lowest BCUT2D eigenvalue weighted by Gasteiger charge is -1.98. The van der Waals surface area contributed by atoms with Crippen LogP contribution in [0.4, 0.5) is 0 Å². The van der Waals surface area contributed by atoms with E-state index in [0.717, 1.165) is 19.3 Å². The van der Waals surface area contributed by atoms with Crippen LogP contribution in [0.3, 0.4) is 0 Å². The summed E-state index contributed by atoms with van der Waals surface area (Å²) in [5.74, 6) is 11.1. The highest BCUT2D eigenvalue weighted by Crippen LogP contribution is 2.30. The fourth-order valence-electron chi connectivity index (χ4n) is 2.04. The molecule has 1 N–H and O–H groups in total. The number of epoxide rings is 1. The van der Waals surface area contributed by atoms with Crippen molar-refractivity contribution in [1.29, 1.82) is 0 Å². The topological polar surface area (TPSA) is 32.8 Å². The van der Waals surface area contributed by atoms with Gasteiger partial charge >= 0.3 is 0 Å². The van der Waals surface area contributed by atoms with Crippen LogP contribution in [0.15, 0.2) is 0 Å². The lowest BCUT2D eigenvalue weighted by Crippen LogP contribution is -2.14. The first-order valence-electron chi connectivity index (χ1n) is 7.61. The molecule has 1 heterocycles. The van der Waals surface area contributed by atoms with Crippen LogP contribution in [-0.2, 0) is 4.74 Å². The Morgan fingerprint density at radius 3 is 2.58 bits per heavy atom. The highest BCUT2D eigenvalue weighted by atomic mass is 16.6. The maximum absolute atomic E-state index is 9.79. The summed E-state index contributed by atoms with van der Waals surface area (Å²) in [6, 6.07) is 0. The SMILES string of the molecule is CCCC#CC#C[C@@H](O)[C@@H]1O[C@@H]1CCCCCCC. The summed E-state index contributed by atoms with van der Waals surface area (Å²) in [7, 11) is 0. The minimum atomic E-state index is -0.670. The van der Waals surface area contributed by atoms with E-state index in [1.54, 1.807) is 0 Å². The maximum Gasteiger partial charge on any atom is 0.144 e. The van der Waals surface area contributed by atoms with Crippen molar-refractivity contribution in [2.45, 2.75) is 83.5 Å². The Balaban J connectivity index is 2.10. The minimum absolute atomic E-state index is 0.0772. The largest absolute Gasteiger partial charge is 0.377 e. The van der Waals surface area contributed by atoms with Crippen LogP contribution in [0.5, 0.6) is 0 Å². The quantitative estimate of drug-likeness (QED) is 0.413. The number of ether oxygens (including phenoxy) is 1. The normalized spacial score (nSPS) is 21.8. The lowest BCUT2D eigenvalue weighted by molar-refractivity contribution is 0.185. The zero-order chi connectivity index (χ0) is 13.9. The summed E-state index contributed by atoms with van der Waals surface area (Å²) in [5, 5.41) is 9.79. The highest BCUT2D eigenvalue weighted by molar-refractivity contribution is 5.28. The van der Waals surface area contributed by atoms with Crippen molar-refractivity contribution in [3.8, 4) is 23.7 Å². The van der Waals surface area contributed by atoms with Crippen LogP contribution >= 0.6 is 0 Å². The number of unbranched alkanes of at least 4 members (excludes halogenated alkanes) is 5. The van der Waals surface area contributed by atoms with Crippen LogP contribution in [-0.4, -0.2) is 23.4 Å². The van der Waals surface area contributed by atoms with E-state index in [1.165, 1.54) is 32.1 Å². The molecule has 1 aliphatic heterocycles. The van der Waals surface area contributed by atoms with Crippen molar-refractivity contribution >= 4 is 0 Å². The molecule has 106 valence electrons. The summed E-state index contributed by atoms with van der Waals surface area (Å²) < 4.78 is 5.46. The fourth-order valence-corrected chi connectivity index (χ4v) is 2.04. The summed E-state index contributed by atoms with van der Waals surface area (Å²) in [5.41, 5.74) is 0. The summed E-state index contributed by atoms with van der Waals surface area (Å²) in [6.45, 7) is 4.30. The van der Waals surface area contributed by atoms with Gasteiger partial charge in [0.05, 0.1) is 6.10 Å². The summed E-state index contributed by atoms with van der Waals surface area (Å²) in [6.07, 6.45) is 8.79. The number of hydrogen-bond acceptors (Lipinski definition) is 2. The van der Waals surface area contributed by atoms with Crippen LogP contribution in [0, 0.1) is 23.7 Å². The molecule has 2 nitrogen and oxygen atoms in total. The average Bonchev–Trinajstić information content (AvgIpc) is 3.18. The number of aliphatic hydroxyl groups is 1. The molecule has 3 atom stereocenters. The zero-order valence-corrected chi connectivity index (χ0v) is 12.2. The molecular weight excluding hydrogens is 236 g/mol. The van der Waals surface area contributed by atoms with Gasteiger partial charge in [0.1, 0.15) is 12.2 Å². The highest BCUT2D eigenvalue weighted by Gasteiger charge is 2.42. The molecule has 0 spiro atoms. The third-order valence-corrected chi connectivity index (χ3v) is 3.27. The van der Waals surface area contributed by atoms with Gasteiger partial charge in [0.25, 0.3) is 0 Å². The van der Waals surface area contributed by atoms with Crippen molar-refractivity contribution < 1.29 is 9.84 Å². The summed E-state index contributed by atoms with van der Waals surface area (Å²) >= 11 is 0. The average molecular weight is 262 g/mol. The smallest absolute Gasteiger partial charge is 0.144 e. The van der Waals surface area contributed by atoms with E-state index >= 15 is 0 Å². The predicted molar refractivity (Wildman–Crippen MR) is 78.5 cm³/mol. The lowest BCUT2D eigenvalue weighted by atomic mass is 10.1. The molecule has 1 aliphatic rings. The predicted octanol–water partition coefficient (Wildman–Crippen LogP) is 3.28. The monoisotopic (exact) mass is 262 g/mol. The van der Waals surface area contributed by atoms with E-state index in [1.807, 2.05) is 0 Å². The van der Waals surface area contributed by atoms with Gasteiger partial charge in [0, 0.05) is 6.42 Å². The first-order chi connectivity index (χ1) is 9.29. The van der Waals surface area contributed by atoms with E-state index in [0.29, 0.717) is 0 Å². The first-order valence-corrected chi connectivity index (χ1v) is 7.61. The molecule has 2 heteroatoms. The van der Waals surface area contributed by atoms with Gasteiger partial charge in [-0.05, 0) is 24.7 Å². The van der Waals surface area contributed by atoms with Crippen LogP contribution < -0.4 is 0 Å². The molecule has 0 bridgehead atoms. The molecule has 1 rings (SSSR count). The zero-order valence-electron chi connectivity index (χ0n) is 12.2. The Morgan fingerprint density at radius 1 is 1.05 bits per heavy atom. The van der Waals surface area contributed by atoms with Crippen LogP contribution in [0.2, 0.25) is 0 Å². The molecule has 1 saturated heterocycles. The van der Waals surface area contributed by atoms with E-state index < -0.39 is 6.10 Å². The van der Waals surface area contributed by atoms with E-state index in [9.17, 15) is 5.11 Å². The second-order valence-corrected chi connectivity index (χ2v) is 5.11. The van der Waals surface area contributed by atoms with Crippen LogP contribution in [0.25, 0.3) is 0 Å². The molecule has 0 amide bonds. The second kappa shape index (κ2) is 9.90. The van der Waals surface area contributed by atoms with Gasteiger partial charge < -0.3 is 9.84 Å². The first kappa shape index (κ1) is 16.1. The molecular formula is C17H26O2. The Kier molecular flexibility index (Phi) is 8.39. The van der Waals surface area contributed by atoms with Crippen molar-refractivity contribution in [3.63, 3.8) is 0 Å². The number of hydrogen-bond donors (Lipinski definition) is 1. The molecule has 0 unspecified atom stereocenters. The standard InChI is InChI=1S/C17H26O2/c1-3-5-7-9-11-13-15(18)17-16(19-17)14-12-10-8-6-4-2/h15-18H,3-6,8,10,12,14H2,1-2H3/t15-,16-,17+/m1/s1. The second-order valence-electron chi connectivity index (χ2n) is 5.11. The minimum Gasteiger partial charge on any atom is -0.377 e. The molecule has 19 heavy (non-hydrogen) atoms. The van der Waals surface area contributed by atoms with Gasteiger partial charge in [-0.3, -0.25) is 0 Å². The molecule has 1 fully saturated rings. The van der Waals surface area contributed by atoms with Gasteiger partial charge in [-0.2, -0.15) is 0 Å². The van der Waals surface area contributed by atoms with Crippen molar-refractivity contribution in [3.05, 3.63) is 0 Å². The van der Waals surface area contributed by atoms with E-state index in [-0.39, 0.29) is 12.2 Å². The van der Waals surface area contributed by atoms with Crippen molar-refractivity contribution in [2.75, 3.05) is 0 Å². The molecule has 0 aromatic rings. The van der Waals surface area contributed by atoms with E-state index in [4.69, 9.17) is 4.74 Å². The molecule has 0 radical (unpaired) electrons. The molecule has 0 saturated carbocycles. The Labute approximate surface area is 117 Å². The number of aliphatic hydroxyl groups excluding tert-OH is 1. The Bertz CT molecular complexity index is 353. The molecule has 0 aliphatic carbocycles. The third kappa shape index (κ3) is 7.26. The van der Waals surface area contributed by atoms with Crippen molar-refractivity contribution in [2.24, 2.45) is 0 Å². The summed E-state index contributed by atoms with van der Waals surface area (Å²) in [4.78, 5) is 0. The maximum atomic E-state index is 9.79. The fraction of sp³-hybridized carbons (Fsp3) is 0.765. The van der Waals surface area contributed by atoms with Gasteiger partial charge in [0.2, 0.25) is 0 Å². The Morgan fingerprint density at radius 2 is 1.84 bits per heavy atom. The van der Waals surface area contributed by atoms with Gasteiger partial charge in [-0.1, -0.05) is 57.8 Å². The van der Waals surface area contributed by atoms with Gasteiger partial charge in [0.15, 0.2) is 0 Å². The van der Waals surface area contributed by atoms with E-state index in [2.05, 4.69) is 37.5 Å². The van der Waals surface area contributed by atoms with Crippen molar-refractivity contribution in [1.82, 2.24) is 0 Å². The third-order valence-electron chi connectivity index (χ3n) is 3.27. The number of rotatable bonds is 8. The van der Waals surface area contributed by atoms with Crippen LogP contribution in [0.1, 0.15) is 65.2 Å². The van der Waals surface area contributed by atoms with Gasteiger partial charge in [-0.25, -0.2) is 0 Å².